The number of aliphatic hydroxyl groups is 4. The zero-order chi connectivity index (χ0) is 14.5. The van der Waals surface area contributed by atoms with Crippen molar-refractivity contribution in [3.05, 3.63) is 0 Å². The molecule has 6 atom stereocenters. The predicted molar refractivity (Wildman–Crippen MR) is 65.1 cm³/mol. The molecule has 0 aromatic carbocycles. The zero-order valence-corrected chi connectivity index (χ0v) is 11.1. The molecule has 0 bridgehead atoms. The van der Waals surface area contributed by atoms with Crippen LogP contribution in [0.3, 0.4) is 0 Å². The van der Waals surface area contributed by atoms with Crippen LogP contribution in [-0.2, 0) is 18.9 Å². The van der Waals surface area contributed by atoms with Gasteiger partial charge in [-0.25, -0.2) is 0 Å². The Balaban J connectivity index is 1.77. The van der Waals surface area contributed by atoms with E-state index >= 15 is 0 Å². The van der Waals surface area contributed by atoms with Gasteiger partial charge in [-0.05, 0) is 0 Å². The lowest BCUT2D eigenvalue weighted by Crippen LogP contribution is -2.48. The van der Waals surface area contributed by atoms with Crippen molar-refractivity contribution in [1.82, 2.24) is 0 Å². The van der Waals surface area contributed by atoms with Crippen LogP contribution in [0.2, 0.25) is 0 Å². The van der Waals surface area contributed by atoms with Crippen LogP contribution in [0.5, 0.6) is 0 Å². The minimum Gasteiger partial charge on any atom is -0.394 e. The molecule has 0 aromatic rings. The zero-order valence-electron chi connectivity index (χ0n) is 11.1. The predicted octanol–water partition coefficient (Wildman–Crippen LogP) is -2.74. The van der Waals surface area contributed by atoms with E-state index in [1.807, 2.05) is 0 Å². The SMILES string of the molecule is OC[C@@H](O)[C@@H](O)[C@H](O)[C@H](COCC1CO1)OCC1CO1. The van der Waals surface area contributed by atoms with Gasteiger partial charge < -0.3 is 39.4 Å². The first-order chi connectivity index (χ1) is 9.61. The summed E-state index contributed by atoms with van der Waals surface area (Å²) in [6.45, 7) is 1.37. The molecule has 0 radical (unpaired) electrons. The summed E-state index contributed by atoms with van der Waals surface area (Å²) < 4.78 is 20.8. The van der Waals surface area contributed by atoms with Gasteiger partial charge in [0.25, 0.3) is 0 Å². The maximum absolute atomic E-state index is 9.99. The van der Waals surface area contributed by atoms with E-state index in [0.717, 1.165) is 0 Å². The summed E-state index contributed by atoms with van der Waals surface area (Å²) >= 11 is 0. The lowest BCUT2D eigenvalue weighted by Gasteiger charge is -2.28. The van der Waals surface area contributed by atoms with Gasteiger partial charge in [-0.15, -0.1) is 0 Å². The van der Waals surface area contributed by atoms with Gasteiger partial charge in [0.15, 0.2) is 0 Å². The highest BCUT2D eigenvalue weighted by atomic mass is 16.6. The van der Waals surface area contributed by atoms with Gasteiger partial charge in [0.2, 0.25) is 0 Å². The fraction of sp³-hybridized carbons (Fsp3) is 1.00. The third-order valence-corrected chi connectivity index (χ3v) is 3.20. The molecule has 8 nitrogen and oxygen atoms in total. The smallest absolute Gasteiger partial charge is 0.111 e. The molecule has 0 spiro atoms. The Morgan fingerprint density at radius 3 is 2.15 bits per heavy atom. The van der Waals surface area contributed by atoms with Crippen LogP contribution in [0.15, 0.2) is 0 Å². The van der Waals surface area contributed by atoms with Crippen LogP contribution < -0.4 is 0 Å². The summed E-state index contributed by atoms with van der Waals surface area (Å²) in [6.07, 6.45) is -5.01. The van der Waals surface area contributed by atoms with Crippen LogP contribution in [0.1, 0.15) is 0 Å². The fourth-order valence-electron chi connectivity index (χ4n) is 1.68. The van der Waals surface area contributed by atoms with Crippen LogP contribution in [0, 0.1) is 0 Å². The molecule has 0 saturated carbocycles. The van der Waals surface area contributed by atoms with Crippen LogP contribution >= 0.6 is 0 Å². The molecule has 2 saturated heterocycles. The average Bonchev–Trinajstić information content (AvgIpc) is 3.33. The molecule has 2 aliphatic rings. The topological polar surface area (TPSA) is 124 Å². The van der Waals surface area contributed by atoms with E-state index < -0.39 is 31.0 Å². The van der Waals surface area contributed by atoms with Crippen LogP contribution in [0.4, 0.5) is 0 Å². The number of rotatable bonds is 11. The Morgan fingerprint density at radius 2 is 1.60 bits per heavy atom. The van der Waals surface area contributed by atoms with E-state index in [4.69, 9.17) is 24.1 Å². The maximum Gasteiger partial charge on any atom is 0.111 e. The van der Waals surface area contributed by atoms with Gasteiger partial charge in [0.05, 0.1) is 39.6 Å². The van der Waals surface area contributed by atoms with Gasteiger partial charge in [-0.1, -0.05) is 0 Å². The Morgan fingerprint density at radius 1 is 1.00 bits per heavy atom. The molecular formula is C12H22O8. The molecule has 20 heavy (non-hydrogen) atoms. The highest BCUT2D eigenvalue weighted by Gasteiger charge is 2.34. The Bertz CT molecular complexity index is 281. The van der Waals surface area contributed by atoms with Crippen molar-refractivity contribution in [3.63, 3.8) is 0 Å². The maximum atomic E-state index is 9.99. The molecule has 4 N–H and O–H groups in total. The molecule has 118 valence electrons. The Kier molecular flexibility index (Phi) is 6.12. The largest absolute Gasteiger partial charge is 0.394 e. The molecule has 2 aliphatic heterocycles. The molecular weight excluding hydrogens is 272 g/mol. The van der Waals surface area contributed by atoms with E-state index in [1.54, 1.807) is 0 Å². The molecule has 8 heteroatoms. The molecule has 2 fully saturated rings. The van der Waals surface area contributed by atoms with Crippen molar-refractivity contribution < 1.29 is 39.4 Å². The number of ether oxygens (including phenoxy) is 4. The van der Waals surface area contributed by atoms with E-state index in [-0.39, 0.29) is 25.4 Å². The third-order valence-electron chi connectivity index (χ3n) is 3.20. The van der Waals surface area contributed by atoms with Crippen LogP contribution in [0.25, 0.3) is 0 Å². The lowest BCUT2D eigenvalue weighted by molar-refractivity contribution is -0.148. The summed E-state index contributed by atoms with van der Waals surface area (Å²) in [7, 11) is 0. The van der Waals surface area contributed by atoms with Crippen molar-refractivity contribution in [3.8, 4) is 0 Å². The summed E-state index contributed by atoms with van der Waals surface area (Å²) in [5, 5.41) is 37.9. The van der Waals surface area contributed by atoms with Crippen molar-refractivity contribution in [1.29, 1.82) is 0 Å². The number of hydrogen-bond donors (Lipinski definition) is 4. The number of aliphatic hydroxyl groups excluding tert-OH is 4. The Hall–Kier alpha value is -0.320. The first kappa shape index (κ1) is 16.1. The standard InChI is InChI=1S/C12H22O8/c13-1-9(14)11(15)12(16)10(20-5-8-4-19-8)6-17-2-7-3-18-7/h7-16H,1-6H2/t7?,8?,9-,10+,11-,12-/m1/s1. The second-order valence-electron chi connectivity index (χ2n) is 5.05. The fourth-order valence-corrected chi connectivity index (χ4v) is 1.68. The monoisotopic (exact) mass is 294 g/mol. The van der Waals surface area contributed by atoms with E-state index in [0.29, 0.717) is 19.8 Å². The third kappa shape index (κ3) is 5.23. The van der Waals surface area contributed by atoms with E-state index in [1.165, 1.54) is 0 Å². The normalized spacial score (nSPS) is 30.6. The molecule has 2 heterocycles. The summed E-state index contributed by atoms with van der Waals surface area (Å²) in [5.41, 5.74) is 0. The minimum atomic E-state index is -1.51. The van der Waals surface area contributed by atoms with Crippen LogP contribution in [-0.4, -0.2) is 96.7 Å². The molecule has 0 amide bonds. The van der Waals surface area contributed by atoms with E-state index in [2.05, 4.69) is 0 Å². The Labute approximate surface area is 116 Å². The highest BCUT2D eigenvalue weighted by molar-refractivity contribution is 4.83. The second kappa shape index (κ2) is 7.62. The molecule has 0 aromatic heterocycles. The summed E-state index contributed by atoms with van der Waals surface area (Å²) in [6, 6.07) is 0. The minimum absolute atomic E-state index is 0.0105. The van der Waals surface area contributed by atoms with Gasteiger partial charge in [0.1, 0.15) is 36.6 Å². The summed E-state index contributed by atoms with van der Waals surface area (Å²) in [5.74, 6) is 0. The molecule has 2 unspecified atom stereocenters. The van der Waals surface area contributed by atoms with Crippen molar-refractivity contribution in [2.45, 2.75) is 36.6 Å². The number of hydrogen-bond acceptors (Lipinski definition) is 8. The quantitative estimate of drug-likeness (QED) is 0.303. The number of epoxide rings is 2. The van der Waals surface area contributed by atoms with E-state index in [9.17, 15) is 15.3 Å². The first-order valence-corrected chi connectivity index (χ1v) is 6.69. The van der Waals surface area contributed by atoms with Crippen molar-refractivity contribution >= 4 is 0 Å². The lowest BCUT2D eigenvalue weighted by atomic mass is 10.0. The van der Waals surface area contributed by atoms with Gasteiger partial charge >= 0.3 is 0 Å². The van der Waals surface area contributed by atoms with Gasteiger partial charge in [0, 0.05) is 0 Å². The van der Waals surface area contributed by atoms with Crippen molar-refractivity contribution in [2.24, 2.45) is 0 Å². The van der Waals surface area contributed by atoms with Gasteiger partial charge in [-0.2, -0.15) is 0 Å². The van der Waals surface area contributed by atoms with Crippen molar-refractivity contribution in [2.75, 3.05) is 39.6 Å². The average molecular weight is 294 g/mol. The first-order valence-electron chi connectivity index (χ1n) is 6.69. The summed E-state index contributed by atoms with van der Waals surface area (Å²) in [4.78, 5) is 0. The highest BCUT2D eigenvalue weighted by Crippen LogP contribution is 2.15. The van der Waals surface area contributed by atoms with Gasteiger partial charge in [-0.3, -0.25) is 0 Å². The molecule has 0 aliphatic carbocycles. The molecule has 2 rings (SSSR count). The second-order valence-corrected chi connectivity index (χ2v) is 5.05.